The number of hydrogen-bond donors (Lipinski definition) is 4. The lowest BCUT2D eigenvalue weighted by Gasteiger charge is -2.31. The van der Waals surface area contributed by atoms with Gasteiger partial charge < -0.3 is 25.4 Å². The predicted octanol–water partition coefficient (Wildman–Crippen LogP) is 1.30. The van der Waals surface area contributed by atoms with Crippen molar-refractivity contribution < 1.29 is 34.4 Å². The number of nitrogens with one attached hydrogen (secondary N) is 1. The Morgan fingerprint density at radius 3 is 2.33 bits per heavy atom. The minimum atomic E-state index is -1.40. The van der Waals surface area contributed by atoms with E-state index in [1.54, 1.807) is 20.8 Å². The van der Waals surface area contributed by atoms with Gasteiger partial charge in [0.25, 0.3) is 0 Å². The molecule has 0 spiro atoms. The molecule has 0 aliphatic heterocycles. The van der Waals surface area contributed by atoms with Crippen LogP contribution in [0.1, 0.15) is 33.6 Å². The molecule has 4 N–H and O–H groups in total. The van der Waals surface area contributed by atoms with Crippen LogP contribution in [0.2, 0.25) is 0 Å². The molecule has 1 unspecified atom stereocenters. The average molecular weight is 341 g/mol. The second-order valence-corrected chi connectivity index (χ2v) is 6.69. The molecule has 0 saturated carbocycles. The summed E-state index contributed by atoms with van der Waals surface area (Å²) < 4.78 is 5.08. The normalized spacial score (nSPS) is 21.6. The lowest BCUT2D eigenvalue weighted by atomic mass is 9.75. The SMILES string of the molecule is CC(C)(C)OC(=O)N[C@H](CO)CC1(C(=O)O)C=CC(C(=O)O)=CC1. The summed E-state index contributed by atoms with van der Waals surface area (Å²) in [6.07, 6.45) is 2.92. The number of alkyl carbamates (subject to hydrolysis) is 1. The quantitative estimate of drug-likeness (QED) is 0.572. The first-order chi connectivity index (χ1) is 11.0. The summed E-state index contributed by atoms with van der Waals surface area (Å²) in [7, 11) is 0. The molecule has 24 heavy (non-hydrogen) atoms. The fourth-order valence-electron chi connectivity index (χ4n) is 2.31. The summed E-state index contributed by atoms with van der Waals surface area (Å²) in [4.78, 5) is 34.4. The number of amides is 1. The molecular formula is C16H23NO7. The van der Waals surface area contributed by atoms with Crippen molar-refractivity contribution in [3.63, 3.8) is 0 Å². The van der Waals surface area contributed by atoms with Crippen LogP contribution in [0.3, 0.4) is 0 Å². The predicted molar refractivity (Wildman–Crippen MR) is 84.4 cm³/mol. The van der Waals surface area contributed by atoms with Crippen molar-refractivity contribution in [3.05, 3.63) is 23.8 Å². The van der Waals surface area contributed by atoms with Gasteiger partial charge in [-0.2, -0.15) is 0 Å². The molecule has 0 aromatic rings. The largest absolute Gasteiger partial charge is 0.481 e. The number of carbonyl (C=O) groups excluding carboxylic acids is 1. The summed E-state index contributed by atoms with van der Waals surface area (Å²) in [5.41, 5.74) is -2.12. The van der Waals surface area contributed by atoms with E-state index in [2.05, 4.69) is 5.32 Å². The molecule has 0 saturated heterocycles. The molecule has 0 bridgehead atoms. The average Bonchev–Trinajstić information content (AvgIpc) is 2.44. The van der Waals surface area contributed by atoms with Gasteiger partial charge in [0.1, 0.15) is 5.60 Å². The Morgan fingerprint density at radius 2 is 1.96 bits per heavy atom. The zero-order valence-electron chi connectivity index (χ0n) is 13.9. The monoisotopic (exact) mass is 341 g/mol. The fourth-order valence-corrected chi connectivity index (χ4v) is 2.31. The number of carboxylic acids is 2. The Bertz CT molecular complexity index is 573. The van der Waals surface area contributed by atoms with Crippen molar-refractivity contribution in [1.29, 1.82) is 0 Å². The standard InChI is InChI=1S/C16H23NO7/c1-15(2,3)24-14(23)17-11(9-18)8-16(13(21)22)6-4-10(5-7-16)12(19)20/h4-6,11,18H,7-9H2,1-3H3,(H,17,23)(H,19,20)(H,21,22)/t11-,16?/m0/s1. The lowest BCUT2D eigenvalue weighted by molar-refractivity contribution is -0.147. The molecule has 1 aliphatic carbocycles. The van der Waals surface area contributed by atoms with E-state index in [1.807, 2.05) is 0 Å². The first-order valence-corrected chi connectivity index (χ1v) is 7.45. The molecule has 2 atom stereocenters. The Balaban J connectivity index is 2.84. The third-order valence-corrected chi connectivity index (χ3v) is 3.49. The van der Waals surface area contributed by atoms with Gasteiger partial charge in [0, 0.05) is 0 Å². The number of ether oxygens (including phenoxy) is 1. The summed E-state index contributed by atoms with van der Waals surface area (Å²) in [5, 5.41) is 30.3. The van der Waals surface area contributed by atoms with E-state index in [0.717, 1.165) is 0 Å². The third-order valence-electron chi connectivity index (χ3n) is 3.49. The molecule has 0 aromatic carbocycles. The highest BCUT2D eigenvalue weighted by molar-refractivity contribution is 5.91. The maximum atomic E-state index is 11.8. The van der Waals surface area contributed by atoms with Gasteiger partial charge in [-0.3, -0.25) is 4.79 Å². The second kappa shape index (κ2) is 7.48. The molecule has 1 amide bonds. The van der Waals surface area contributed by atoms with Gasteiger partial charge >= 0.3 is 18.0 Å². The summed E-state index contributed by atoms with van der Waals surface area (Å²) in [6.45, 7) is 4.57. The minimum Gasteiger partial charge on any atom is -0.481 e. The van der Waals surface area contributed by atoms with Gasteiger partial charge in [-0.25, -0.2) is 9.59 Å². The van der Waals surface area contributed by atoms with Gasteiger partial charge in [0.2, 0.25) is 0 Å². The lowest BCUT2D eigenvalue weighted by Crippen LogP contribution is -2.45. The van der Waals surface area contributed by atoms with E-state index >= 15 is 0 Å². The van der Waals surface area contributed by atoms with Gasteiger partial charge in [-0.15, -0.1) is 0 Å². The molecule has 134 valence electrons. The molecule has 0 radical (unpaired) electrons. The summed E-state index contributed by atoms with van der Waals surface area (Å²) in [5.74, 6) is -2.31. The zero-order chi connectivity index (χ0) is 18.5. The Kier molecular flexibility index (Phi) is 6.14. The van der Waals surface area contributed by atoms with Gasteiger partial charge in [0.05, 0.1) is 23.6 Å². The van der Waals surface area contributed by atoms with Crippen molar-refractivity contribution in [2.45, 2.75) is 45.3 Å². The minimum absolute atomic E-state index is 0.00697. The van der Waals surface area contributed by atoms with Crippen LogP contribution >= 0.6 is 0 Å². The van der Waals surface area contributed by atoms with Crippen LogP contribution in [0.5, 0.6) is 0 Å². The number of aliphatic carboxylic acids is 2. The van der Waals surface area contributed by atoms with Crippen molar-refractivity contribution >= 4 is 18.0 Å². The number of aliphatic hydroxyl groups is 1. The highest BCUT2D eigenvalue weighted by atomic mass is 16.6. The van der Waals surface area contributed by atoms with Gasteiger partial charge in [0.15, 0.2) is 0 Å². The topological polar surface area (TPSA) is 133 Å². The third kappa shape index (κ3) is 5.38. The first-order valence-electron chi connectivity index (χ1n) is 7.45. The molecule has 0 heterocycles. The number of rotatable bonds is 6. The van der Waals surface area contributed by atoms with E-state index in [4.69, 9.17) is 9.84 Å². The number of hydrogen-bond acceptors (Lipinski definition) is 5. The molecule has 8 nitrogen and oxygen atoms in total. The van der Waals surface area contributed by atoms with Crippen LogP contribution in [0.25, 0.3) is 0 Å². The second-order valence-electron chi connectivity index (χ2n) is 6.69. The van der Waals surface area contributed by atoms with Crippen molar-refractivity contribution in [2.24, 2.45) is 5.41 Å². The van der Waals surface area contributed by atoms with Crippen molar-refractivity contribution in [3.8, 4) is 0 Å². The van der Waals surface area contributed by atoms with Gasteiger partial charge in [-0.1, -0.05) is 18.2 Å². The number of carbonyl (C=O) groups is 3. The van der Waals surface area contributed by atoms with Crippen molar-refractivity contribution in [2.75, 3.05) is 6.61 Å². The maximum Gasteiger partial charge on any atom is 0.407 e. The Morgan fingerprint density at radius 1 is 1.33 bits per heavy atom. The van der Waals surface area contributed by atoms with E-state index in [9.17, 15) is 24.6 Å². The molecule has 0 aromatic heterocycles. The highest BCUT2D eigenvalue weighted by Gasteiger charge is 2.40. The smallest absolute Gasteiger partial charge is 0.407 e. The van der Waals surface area contributed by atoms with Crippen LogP contribution in [0.15, 0.2) is 23.8 Å². The molecule has 1 rings (SSSR count). The van der Waals surface area contributed by atoms with Gasteiger partial charge in [-0.05, 0) is 33.6 Å². The summed E-state index contributed by atoms with van der Waals surface area (Å²) >= 11 is 0. The molecule has 8 heteroatoms. The fraction of sp³-hybridized carbons (Fsp3) is 0.562. The van der Waals surface area contributed by atoms with Crippen LogP contribution in [0.4, 0.5) is 4.79 Å². The zero-order valence-corrected chi connectivity index (χ0v) is 13.9. The number of allylic oxidation sites excluding steroid dienone is 1. The van der Waals surface area contributed by atoms with E-state index in [0.29, 0.717) is 0 Å². The molecule has 1 aliphatic rings. The van der Waals surface area contributed by atoms with Crippen molar-refractivity contribution in [1.82, 2.24) is 5.32 Å². The van der Waals surface area contributed by atoms with Crippen LogP contribution in [0, 0.1) is 5.41 Å². The van der Waals surface area contributed by atoms with Crippen LogP contribution < -0.4 is 5.32 Å². The molecule has 0 fully saturated rings. The number of aliphatic hydroxyl groups excluding tert-OH is 1. The highest BCUT2D eigenvalue weighted by Crippen LogP contribution is 2.35. The van der Waals surface area contributed by atoms with Crippen LogP contribution in [-0.4, -0.2) is 51.6 Å². The molecular weight excluding hydrogens is 318 g/mol. The first kappa shape index (κ1) is 19.7. The maximum absolute atomic E-state index is 11.8. The number of carboxylic acid groups (broad SMARTS) is 2. The van der Waals surface area contributed by atoms with E-state index in [-0.39, 0.29) is 18.4 Å². The Hall–Kier alpha value is -2.35. The van der Waals surface area contributed by atoms with E-state index in [1.165, 1.54) is 18.2 Å². The summed E-state index contributed by atoms with van der Waals surface area (Å²) in [6, 6.07) is -0.847. The van der Waals surface area contributed by atoms with E-state index < -0.39 is 41.7 Å². The van der Waals surface area contributed by atoms with Crippen LogP contribution in [-0.2, 0) is 14.3 Å². The Labute approximate surface area is 139 Å².